The standard InChI is InChI=1S/2C18H15P.C2H4O5S/c2*1-4-10-16(11-5-1)19(17-12-6-2-7-13-17)18-14-8-3-9-15-18;3-2(4)1-8(5,6)7/h2*1-15H;1H2,(H,3,4)(H,5,6,7). The van der Waals surface area contributed by atoms with E-state index >= 15 is 0 Å². The molecule has 232 valence electrons. The van der Waals surface area contributed by atoms with Crippen molar-refractivity contribution in [2.75, 3.05) is 5.75 Å². The first-order valence-electron chi connectivity index (χ1n) is 14.4. The minimum Gasteiger partial charge on any atom is -0.480 e. The lowest BCUT2D eigenvalue weighted by atomic mass is 10.4. The molecule has 5 nitrogen and oxygen atoms in total. The normalized spacial score (nSPS) is 10.7. The second kappa shape index (κ2) is 17.9. The summed E-state index contributed by atoms with van der Waals surface area (Å²) < 4.78 is 27.0. The van der Waals surface area contributed by atoms with Crippen LogP contribution in [-0.2, 0) is 14.9 Å². The molecule has 46 heavy (non-hydrogen) atoms. The monoisotopic (exact) mass is 664 g/mol. The topological polar surface area (TPSA) is 91.7 Å². The minimum absolute atomic E-state index is 0.446. The Kier molecular flexibility index (Phi) is 13.4. The Morgan fingerprint density at radius 2 is 0.587 bits per heavy atom. The van der Waals surface area contributed by atoms with Crippen LogP contribution in [0.1, 0.15) is 0 Å². The van der Waals surface area contributed by atoms with Gasteiger partial charge in [0.1, 0.15) is 0 Å². The van der Waals surface area contributed by atoms with Gasteiger partial charge in [0.2, 0.25) is 0 Å². The lowest BCUT2D eigenvalue weighted by Crippen LogP contribution is -2.20. The summed E-state index contributed by atoms with van der Waals surface area (Å²) in [6, 6.07) is 64.7. The van der Waals surface area contributed by atoms with Crippen molar-refractivity contribution in [2.45, 2.75) is 0 Å². The van der Waals surface area contributed by atoms with Crippen LogP contribution in [0.4, 0.5) is 0 Å². The maximum absolute atomic E-state index is 9.62. The maximum atomic E-state index is 9.62. The molecule has 0 bridgehead atoms. The van der Waals surface area contributed by atoms with E-state index in [9.17, 15) is 13.2 Å². The number of rotatable bonds is 8. The summed E-state index contributed by atoms with van der Waals surface area (Å²) in [5.41, 5.74) is 0. The highest BCUT2D eigenvalue weighted by molar-refractivity contribution is 7.86. The molecule has 0 heterocycles. The second-order valence-corrected chi connectivity index (χ2v) is 15.7. The summed E-state index contributed by atoms with van der Waals surface area (Å²) in [6.07, 6.45) is 0. The molecule has 0 aliphatic carbocycles. The van der Waals surface area contributed by atoms with Crippen LogP contribution < -0.4 is 31.8 Å². The van der Waals surface area contributed by atoms with Crippen molar-refractivity contribution in [2.24, 2.45) is 0 Å². The first kappa shape index (κ1) is 34.4. The summed E-state index contributed by atoms with van der Waals surface area (Å²) >= 11 is 0. The molecule has 6 rings (SSSR count). The molecule has 0 unspecified atom stereocenters. The van der Waals surface area contributed by atoms with Crippen molar-refractivity contribution in [1.82, 2.24) is 0 Å². The first-order valence-corrected chi connectivity index (χ1v) is 18.7. The number of carboxylic acids is 1. The van der Waals surface area contributed by atoms with Gasteiger partial charge in [-0.25, -0.2) is 0 Å². The third kappa shape index (κ3) is 11.2. The van der Waals surface area contributed by atoms with Gasteiger partial charge in [0.15, 0.2) is 5.75 Å². The maximum Gasteiger partial charge on any atom is 0.321 e. The fraction of sp³-hybridized carbons (Fsp3) is 0.0263. The van der Waals surface area contributed by atoms with Crippen molar-refractivity contribution < 1.29 is 22.9 Å². The van der Waals surface area contributed by atoms with Gasteiger partial charge in [-0.15, -0.1) is 0 Å². The average Bonchev–Trinajstić information content (AvgIpc) is 3.08. The summed E-state index contributed by atoms with van der Waals surface area (Å²) in [7, 11) is -5.21. The molecule has 0 atom stereocenters. The summed E-state index contributed by atoms with van der Waals surface area (Å²) in [5, 5.41) is 16.1. The number of carboxylic acid groups (broad SMARTS) is 1. The summed E-state index contributed by atoms with van der Waals surface area (Å²) in [5.74, 6) is -2.79. The molecule has 0 amide bonds. The van der Waals surface area contributed by atoms with Gasteiger partial charge in [-0.3, -0.25) is 9.35 Å². The van der Waals surface area contributed by atoms with E-state index in [0.29, 0.717) is 0 Å². The van der Waals surface area contributed by atoms with Crippen LogP contribution in [0.5, 0.6) is 0 Å². The van der Waals surface area contributed by atoms with Crippen LogP contribution in [0.25, 0.3) is 0 Å². The van der Waals surface area contributed by atoms with E-state index in [1.54, 1.807) is 0 Å². The average molecular weight is 665 g/mol. The SMILES string of the molecule is O=C(O)CS(=O)(=O)O.c1ccc(P(c2ccccc2)c2ccccc2)cc1.c1ccc(P(c2ccccc2)c2ccccc2)cc1. The fourth-order valence-electron chi connectivity index (χ4n) is 4.51. The van der Waals surface area contributed by atoms with E-state index in [1.807, 2.05) is 0 Å². The second-order valence-electron chi connectivity index (χ2n) is 9.80. The van der Waals surface area contributed by atoms with Crippen molar-refractivity contribution >= 4 is 63.8 Å². The molecule has 0 saturated heterocycles. The first-order chi connectivity index (χ1) is 22.3. The van der Waals surface area contributed by atoms with Crippen molar-refractivity contribution in [1.29, 1.82) is 0 Å². The van der Waals surface area contributed by atoms with Crippen LogP contribution in [0.15, 0.2) is 182 Å². The van der Waals surface area contributed by atoms with Crippen molar-refractivity contribution in [3.8, 4) is 0 Å². The number of hydrogen-bond acceptors (Lipinski definition) is 3. The predicted molar refractivity (Wildman–Crippen MR) is 194 cm³/mol. The summed E-state index contributed by atoms with van der Waals surface area (Å²) in [4.78, 5) is 9.48. The molecule has 0 fully saturated rings. The molecular weight excluding hydrogens is 630 g/mol. The quantitative estimate of drug-likeness (QED) is 0.158. The largest absolute Gasteiger partial charge is 0.480 e. The molecule has 0 spiro atoms. The molecule has 0 saturated carbocycles. The van der Waals surface area contributed by atoms with Crippen LogP contribution in [0, 0.1) is 0 Å². The van der Waals surface area contributed by atoms with E-state index < -0.39 is 37.7 Å². The highest BCUT2D eigenvalue weighted by atomic mass is 32.2. The van der Waals surface area contributed by atoms with Crippen LogP contribution >= 0.6 is 15.8 Å². The van der Waals surface area contributed by atoms with Crippen molar-refractivity contribution in [3.63, 3.8) is 0 Å². The molecule has 0 aromatic heterocycles. The van der Waals surface area contributed by atoms with Crippen LogP contribution in [-0.4, -0.2) is 29.8 Å². The van der Waals surface area contributed by atoms with Gasteiger partial charge in [-0.05, 0) is 47.7 Å². The number of hydrogen-bond donors (Lipinski definition) is 2. The molecule has 6 aromatic rings. The lowest BCUT2D eigenvalue weighted by molar-refractivity contribution is -0.134. The number of benzene rings is 6. The van der Waals surface area contributed by atoms with E-state index in [1.165, 1.54) is 31.8 Å². The Hall–Kier alpha value is -4.44. The lowest BCUT2D eigenvalue weighted by Gasteiger charge is -2.18. The Labute approximate surface area is 273 Å². The van der Waals surface area contributed by atoms with Gasteiger partial charge in [-0.1, -0.05) is 182 Å². The van der Waals surface area contributed by atoms with Gasteiger partial charge < -0.3 is 5.11 Å². The third-order valence-electron chi connectivity index (χ3n) is 6.39. The van der Waals surface area contributed by atoms with E-state index in [-0.39, 0.29) is 0 Å². The minimum atomic E-state index is -4.32. The highest BCUT2D eigenvalue weighted by Crippen LogP contribution is 2.33. The molecule has 0 radical (unpaired) electrons. The Balaban J connectivity index is 0.000000170. The van der Waals surface area contributed by atoms with E-state index in [2.05, 4.69) is 182 Å². The Bertz CT molecular complexity index is 1540. The van der Waals surface area contributed by atoms with Gasteiger partial charge in [0.25, 0.3) is 10.1 Å². The van der Waals surface area contributed by atoms with Gasteiger partial charge in [-0.2, -0.15) is 8.42 Å². The zero-order valence-electron chi connectivity index (χ0n) is 24.9. The van der Waals surface area contributed by atoms with Gasteiger partial charge in [0, 0.05) is 0 Å². The van der Waals surface area contributed by atoms with Crippen LogP contribution in [0.3, 0.4) is 0 Å². The van der Waals surface area contributed by atoms with Gasteiger partial charge in [0.05, 0.1) is 0 Å². The molecule has 0 aliphatic heterocycles. The highest BCUT2D eigenvalue weighted by Gasteiger charge is 2.16. The van der Waals surface area contributed by atoms with E-state index in [0.717, 1.165) is 0 Å². The molecule has 6 aromatic carbocycles. The molecular formula is C38H34O5P2S. The summed E-state index contributed by atoms with van der Waals surface area (Å²) in [6.45, 7) is 0. The Morgan fingerprint density at radius 3 is 0.696 bits per heavy atom. The smallest absolute Gasteiger partial charge is 0.321 e. The van der Waals surface area contributed by atoms with E-state index in [4.69, 9.17) is 9.66 Å². The third-order valence-corrected chi connectivity index (χ3v) is 11.9. The molecule has 2 N–H and O–H groups in total. The van der Waals surface area contributed by atoms with Crippen LogP contribution in [0.2, 0.25) is 0 Å². The predicted octanol–water partition coefficient (Wildman–Crippen LogP) is 5.85. The number of carbonyl (C=O) groups is 1. The van der Waals surface area contributed by atoms with Gasteiger partial charge >= 0.3 is 5.97 Å². The molecule has 8 heteroatoms. The Morgan fingerprint density at radius 1 is 0.413 bits per heavy atom. The molecule has 0 aliphatic rings. The fourth-order valence-corrected chi connectivity index (χ4v) is 9.44. The zero-order valence-corrected chi connectivity index (χ0v) is 27.6. The number of aliphatic carboxylic acids is 1. The zero-order chi connectivity index (χ0) is 32.6. The van der Waals surface area contributed by atoms with Crippen molar-refractivity contribution in [3.05, 3.63) is 182 Å².